The highest BCUT2D eigenvalue weighted by molar-refractivity contribution is 6.19. The molecule has 1 spiro atoms. The van der Waals surface area contributed by atoms with E-state index in [0.29, 0.717) is 17.5 Å². The Balaban J connectivity index is 1.10. The Morgan fingerprint density at radius 1 is 0.381 bits per heavy atom. The van der Waals surface area contributed by atoms with E-state index in [1.54, 1.807) is 0 Å². The summed E-state index contributed by atoms with van der Waals surface area (Å²) >= 11 is 0. The molecule has 0 radical (unpaired) electrons. The lowest BCUT2D eigenvalue weighted by molar-refractivity contribution is 0.666. The summed E-state index contributed by atoms with van der Waals surface area (Å²) in [7, 11) is 0. The number of rotatable bonds is 4. The zero-order valence-electron chi connectivity index (χ0n) is 33.8. The average Bonchev–Trinajstić information content (AvgIpc) is 4.08. The van der Waals surface area contributed by atoms with E-state index in [0.717, 1.165) is 55.3 Å². The third-order valence-electron chi connectivity index (χ3n) is 13.5. The van der Waals surface area contributed by atoms with Crippen molar-refractivity contribution in [1.82, 2.24) is 19.5 Å². The highest BCUT2D eigenvalue weighted by Crippen LogP contribution is 2.64. The Kier molecular flexibility index (Phi) is 6.97. The number of furan rings is 1. The van der Waals surface area contributed by atoms with Gasteiger partial charge in [0.1, 0.15) is 5.58 Å². The largest absolute Gasteiger partial charge is 0.454 e. The Morgan fingerprint density at radius 2 is 0.921 bits per heavy atom. The minimum atomic E-state index is -0.473. The molecule has 0 N–H and O–H groups in total. The first kappa shape index (κ1) is 34.3. The molecule has 0 atom stereocenters. The average molecular weight is 803 g/mol. The van der Waals surface area contributed by atoms with Crippen LogP contribution >= 0.6 is 0 Å². The summed E-state index contributed by atoms with van der Waals surface area (Å²) in [5, 5.41) is 4.34. The zero-order chi connectivity index (χ0) is 41.2. The highest BCUT2D eigenvalue weighted by Gasteiger charge is 2.52. The quantitative estimate of drug-likeness (QED) is 0.178. The van der Waals surface area contributed by atoms with Gasteiger partial charge in [-0.3, -0.25) is 0 Å². The predicted octanol–water partition coefficient (Wildman–Crippen LogP) is 14.2. The maximum atomic E-state index is 7.08. The van der Waals surface area contributed by atoms with Crippen LogP contribution in [0.1, 0.15) is 22.3 Å². The van der Waals surface area contributed by atoms with E-state index in [9.17, 15) is 0 Å². The first-order valence-corrected chi connectivity index (χ1v) is 21.5. The van der Waals surface area contributed by atoms with Crippen molar-refractivity contribution in [3.05, 3.63) is 229 Å². The van der Waals surface area contributed by atoms with Crippen molar-refractivity contribution in [3.63, 3.8) is 0 Å². The molecule has 0 aliphatic heterocycles. The van der Waals surface area contributed by atoms with Gasteiger partial charge >= 0.3 is 0 Å². The SMILES string of the molecule is c1ccc(-c2nc(-c3ccccc3)nc(-c3ccc(-n4c5ccccc5c5ccc6c(c54)-c4ccccc4C64c5ccccc5-c5ccccc54)c4oc5ccccc5c34)n2)cc1. The topological polar surface area (TPSA) is 56.7 Å². The van der Waals surface area contributed by atoms with E-state index in [4.69, 9.17) is 19.4 Å². The summed E-state index contributed by atoms with van der Waals surface area (Å²) in [5.41, 5.74) is 17.4. The van der Waals surface area contributed by atoms with Crippen molar-refractivity contribution >= 4 is 43.7 Å². The fourth-order valence-corrected chi connectivity index (χ4v) is 11.0. The molecule has 5 heteroatoms. The first-order valence-electron chi connectivity index (χ1n) is 21.5. The second kappa shape index (κ2) is 12.8. The molecular weight excluding hydrogens is 769 g/mol. The van der Waals surface area contributed by atoms with Crippen molar-refractivity contribution < 1.29 is 4.42 Å². The molecule has 63 heavy (non-hydrogen) atoms. The van der Waals surface area contributed by atoms with Gasteiger partial charge in [-0.05, 0) is 63.2 Å². The lowest BCUT2D eigenvalue weighted by Gasteiger charge is -2.30. The fourth-order valence-electron chi connectivity index (χ4n) is 11.0. The molecule has 0 saturated carbocycles. The van der Waals surface area contributed by atoms with Crippen LogP contribution in [0.3, 0.4) is 0 Å². The normalized spacial score (nSPS) is 13.2. The van der Waals surface area contributed by atoms with Gasteiger partial charge < -0.3 is 8.98 Å². The van der Waals surface area contributed by atoms with Crippen molar-refractivity contribution in [2.45, 2.75) is 5.41 Å². The molecule has 0 unspecified atom stereocenters. The summed E-state index contributed by atoms with van der Waals surface area (Å²) in [6, 6.07) is 73.6. The molecular formula is C58H34N4O. The van der Waals surface area contributed by atoms with E-state index in [1.807, 2.05) is 66.7 Å². The molecule has 0 bridgehead atoms. The number of nitrogens with zero attached hydrogens (tertiary/aromatic N) is 4. The van der Waals surface area contributed by atoms with E-state index in [-0.39, 0.29) is 0 Å². The fraction of sp³-hybridized carbons (Fsp3) is 0.0172. The van der Waals surface area contributed by atoms with Crippen LogP contribution in [-0.4, -0.2) is 19.5 Å². The molecule has 3 aromatic heterocycles. The van der Waals surface area contributed by atoms with Crippen molar-refractivity contribution in [2.24, 2.45) is 0 Å². The van der Waals surface area contributed by atoms with Gasteiger partial charge in [-0.15, -0.1) is 0 Å². The molecule has 12 aromatic rings. The summed E-state index contributed by atoms with van der Waals surface area (Å²) in [6.45, 7) is 0. The van der Waals surface area contributed by atoms with Gasteiger partial charge in [0.25, 0.3) is 0 Å². The van der Waals surface area contributed by atoms with E-state index in [1.165, 1.54) is 55.3 Å². The van der Waals surface area contributed by atoms with Crippen LogP contribution in [-0.2, 0) is 5.41 Å². The minimum Gasteiger partial charge on any atom is -0.454 e. The van der Waals surface area contributed by atoms with Crippen LogP contribution in [0.4, 0.5) is 0 Å². The van der Waals surface area contributed by atoms with Crippen LogP contribution in [0.15, 0.2) is 211 Å². The minimum absolute atomic E-state index is 0.473. The number of para-hydroxylation sites is 2. The lowest BCUT2D eigenvalue weighted by Crippen LogP contribution is -2.25. The third kappa shape index (κ3) is 4.57. The summed E-state index contributed by atoms with van der Waals surface area (Å²) in [6.07, 6.45) is 0. The van der Waals surface area contributed by atoms with Gasteiger partial charge in [0, 0.05) is 43.8 Å². The van der Waals surface area contributed by atoms with Crippen LogP contribution in [0, 0.1) is 0 Å². The van der Waals surface area contributed by atoms with Gasteiger partial charge in [-0.1, -0.05) is 182 Å². The Hall–Kier alpha value is -8.41. The molecule has 9 aromatic carbocycles. The molecule has 2 aliphatic carbocycles. The second-order valence-electron chi connectivity index (χ2n) is 16.6. The lowest BCUT2D eigenvalue weighted by atomic mass is 9.70. The molecule has 3 heterocycles. The van der Waals surface area contributed by atoms with Crippen molar-refractivity contribution in [3.8, 4) is 62.1 Å². The van der Waals surface area contributed by atoms with Crippen molar-refractivity contribution in [1.29, 1.82) is 0 Å². The van der Waals surface area contributed by atoms with Gasteiger partial charge in [0.2, 0.25) is 0 Å². The third-order valence-corrected chi connectivity index (χ3v) is 13.5. The number of benzene rings is 9. The first-order chi connectivity index (χ1) is 31.3. The maximum absolute atomic E-state index is 7.08. The molecule has 2 aliphatic rings. The molecule has 0 amide bonds. The van der Waals surface area contributed by atoms with E-state index < -0.39 is 5.41 Å². The highest BCUT2D eigenvalue weighted by atomic mass is 16.3. The van der Waals surface area contributed by atoms with Crippen LogP contribution < -0.4 is 0 Å². The standard InChI is InChI=1S/C58H34N4O/c1-3-17-35(18-4-1)55-59-56(36-19-5-2-6-20-36)61-57(60-55)43-32-34-49(54-51(43)42-25-11-16-30-50(42)63-54)62-48-29-15-10-23-39(48)40-31-33-47-52(53(40)62)41-24-9-14-28-46(41)58(47)44-26-12-7-21-37(44)38-22-8-13-27-45(38)58/h1-34H. The molecule has 5 nitrogen and oxygen atoms in total. The predicted molar refractivity (Wildman–Crippen MR) is 254 cm³/mol. The van der Waals surface area contributed by atoms with Crippen LogP contribution in [0.25, 0.3) is 106 Å². The second-order valence-corrected chi connectivity index (χ2v) is 16.6. The number of hydrogen-bond donors (Lipinski definition) is 0. The van der Waals surface area contributed by atoms with E-state index >= 15 is 0 Å². The summed E-state index contributed by atoms with van der Waals surface area (Å²) in [5.74, 6) is 1.82. The van der Waals surface area contributed by atoms with Crippen LogP contribution in [0.5, 0.6) is 0 Å². The molecule has 14 rings (SSSR count). The zero-order valence-corrected chi connectivity index (χ0v) is 33.8. The Bertz CT molecular complexity index is 3760. The number of hydrogen-bond acceptors (Lipinski definition) is 4. The Labute approximate surface area is 362 Å². The van der Waals surface area contributed by atoms with Gasteiger partial charge in [-0.2, -0.15) is 0 Å². The van der Waals surface area contributed by atoms with E-state index in [2.05, 4.69) is 144 Å². The maximum Gasteiger partial charge on any atom is 0.164 e. The summed E-state index contributed by atoms with van der Waals surface area (Å²) in [4.78, 5) is 15.4. The smallest absolute Gasteiger partial charge is 0.164 e. The number of aromatic nitrogens is 4. The number of fused-ring (bicyclic) bond motifs is 17. The van der Waals surface area contributed by atoms with Gasteiger partial charge in [-0.25, -0.2) is 15.0 Å². The molecule has 0 saturated heterocycles. The molecule has 0 fully saturated rings. The summed E-state index contributed by atoms with van der Waals surface area (Å²) < 4.78 is 9.54. The Morgan fingerprint density at radius 3 is 1.60 bits per heavy atom. The molecule has 292 valence electrons. The van der Waals surface area contributed by atoms with Gasteiger partial charge in [0.15, 0.2) is 23.1 Å². The monoisotopic (exact) mass is 802 g/mol. The van der Waals surface area contributed by atoms with Gasteiger partial charge in [0.05, 0.1) is 22.1 Å². The van der Waals surface area contributed by atoms with Crippen molar-refractivity contribution in [2.75, 3.05) is 0 Å². The van der Waals surface area contributed by atoms with Crippen LogP contribution in [0.2, 0.25) is 0 Å².